The monoisotopic (exact) mass is 270 g/mol. The molecular weight excluding hydrogens is 248 g/mol. The SMILES string of the molecule is C=CCCC(NCCC)c1cnn(-c2ccccc2)n1. The summed E-state index contributed by atoms with van der Waals surface area (Å²) in [6, 6.07) is 10.2. The number of hydrogen-bond acceptors (Lipinski definition) is 3. The quantitative estimate of drug-likeness (QED) is 0.749. The first-order chi connectivity index (χ1) is 9.85. The fourth-order valence-corrected chi connectivity index (χ4v) is 2.08. The van der Waals surface area contributed by atoms with E-state index in [1.54, 1.807) is 4.80 Å². The van der Waals surface area contributed by atoms with Crippen molar-refractivity contribution < 1.29 is 0 Å². The third-order valence-electron chi connectivity index (χ3n) is 3.15. The zero-order valence-electron chi connectivity index (χ0n) is 12.0. The molecule has 1 aromatic heterocycles. The van der Waals surface area contributed by atoms with Crippen molar-refractivity contribution in [3.05, 3.63) is 54.9 Å². The lowest BCUT2D eigenvalue weighted by Crippen LogP contribution is -2.22. The summed E-state index contributed by atoms with van der Waals surface area (Å²) >= 11 is 0. The van der Waals surface area contributed by atoms with E-state index in [4.69, 9.17) is 0 Å². The van der Waals surface area contributed by atoms with Gasteiger partial charge >= 0.3 is 0 Å². The van der Waals surface area contributed by atoms with Crippen LogP contribution >= 0.6 is 0 Å². The van der Waals surface area contributed by atoms with E-state index < -0.39 is 0 Å². The van der Waals surface area contributed by atoms with E-state index in [9.17, 15) is 0 Å². The van der Waals surface area contributed by atoms with E-state index in [1.807, 2.05) is 42.6 Å². The molecule has 20 heavy (non-hydrogen) atoms. The highest BCUT2D eigenvalue weighted by molar-refractivity contribution is 5.28. The van der Waals surface area contributed by atoms with Crippen LogP contribution in [0.25, 0.3) is 5.69 Å². The third kappa shape index (κ3) is 3.78. The molecule has 0 spiro atoms. The van der Waals surface area contributed by atoms with Gasteiger partial charge in [-0.2, -0.15) is 15.0 Å². The maximum Gasteiger partial charge on any atom is 0.100 e. The molecular formula is C16H22N4. The molecule has 1 N–H and O–H groups in total. The molecule has 4 heteroatoms. The van der Waals surface area contributed by atoms with Crippen LogP contribution in [0.1, 0.15) is 37.9 Å². The topological polar surface area (TPSA) is 42.7 Å². The molecule has 0 saturated heterocycles. The van der Waals surface area contributed by atoms with Crippen LogP contribution in [-0.4, -0.2) is 21.5 Å². The molecule has 1 aromatic carbocycles. The molecule has 2 aromatic rings. The molecule has 1 heterocycles. The van der Waals surface area contributed by atoms with Crippen LogP contribution in [0.15, 0.2) is 49.2 Å². The number of nitrogens with one attached hydrogen (secondary N) is 1. The van der Waals surface area contributed by atoms with E-state index in [-0.39, 0.29) is 6.04 Å². The van der Waals surface area contributed by atoms with Gasteiger partial charge in [0, 0.05) is 0 Å². The van der Waals surface area contributed by atoms with Gasteiger partial charge < -0.3 is 5.32 Å². The molecule has 4 nitrogen and oxygen atoms in total. The third-order valence-corrected chi connectivity index (χ3v) is 3.15. The van der Waals surface area contributed by atoms with Gasteiger partial charge in [0.2, 0.25) is 0 Å². The highest BCUT2D eigenvalue weighted by Gasteiger charge is 2.14. The minimum Gasteiger partial charge on any atom is -0.309 e. The fraction of sp³-hybridized carbons (Fsp3) is 0.375. The van der Waals surface area contributed by atoms with Crippen molar-refractivity contribution in [3.8, 4) is 5.69 Å². The lowest BCUT2D eigenvalue weighted by atomic mass is 10.1. The Bertz CT molecular complexity index is 518. The van der Waals surface area contributed by atoms with Gasteiger partial charge in [0.05, 0.1) is 17.9 Å². The van der Waals surface area contributed by atoms with Crippen LogP contribution in [-0.2, 0) is 0 Å². The second kappa shape index (κ2) is 7.60. The van der Waals surface area contributed by atoms with Gasteiger partial charge in [0.1, 0.15) is 5.69 Å². The number of aromatic nitrogens is 3. The van der Waals surface area contributed by atoms with E-state index in [1.165, 1.54) is 0 Å². The number of hydrogen-bond donors (Lipinski definition) is 1. The first-order valence-corrected chi connectivity index (χ1v) is 7.17. The Kier molecular flexibility index (Phi) is 5.50. The van der Waals surface area contributed by atoms with Crippen LogP contribution < -0.4 is 5.32 Å². The van der Waals surface area contributed by atoms with Gasteiger partial charge in [0.25, 0.3) is 0 Å². The Morgan fingerprint density at radius 3 is 2.85 bits per heavy atom. The van der Waals surface area contributed by atoms with Crippen LogP contribution in [0, 0.1) is 0 Å². The second-order valence-electron chi connectivity index (χ2n) is 4.77. The molecule has 0 aliphatic rings. The van der Waals surface area contributed by atoms with Crippen LogP contribution in [0.2, 0.25) is 0 Å². The molecule has 0 amide bonds. The second-order valence-corrected chi connectivity index (χ2v) is 4.77. The fourth-order valence-electron chi connectivity index (χ4n) is 2.08. The Hall–Kier alpha value is -1.94. The average molecular weight is 270 g/mol. The zero-order valence-corrected chi connectivity index (χ0v) is 12.0. The molecule has 0 bridgehead atoms. The van der Waals surface area contributed by atoms with Crippen molar-refractivity contribution in [3.63, 3.8) is 0 Å². The lowest BCUT2D eigenvalue weighted by molar-refractivity contribution is 0.489. The molecule has 0 radical (unpaired) electrons. The van der Waals surface area contributed by atoms with E-state index >= 15 is 0 Å². The predicted octanol–water partition coefficient (Wildman–Crippen LogP) is 3.27. The number of nitrogens with zero attached hydrogens (tertiary/aromatic N) is 3. The molecule has 1 atom stereocenters. The number of rotatable bonds is 8. The smallest absolute Gasteiger partial charge is 0.100 e. The van der Waals surface area contributed by atoms with Crippen LogP contribution in [0.4, 0.5) is 0 Å². The van der Waals surface area contributed by atoms with E-state index in [0.29, 0.717) is 0 Å². The van der Waals surface area contributed by atoms with Crippen LogP contribution in [0.5, 0.6) is 0 Å². The van der Waals surface area contributed by atoms with Crippen molar-refractivity contribution in [2.24, 2.45) is 0 Å². The van der Waals surface area contributed by atoms with Crippen molar-refractivity contribution in [1.29, 1.82) is 0 Å². The molecule has 0 aliphatic carbocycles. The van der Waals surface area contributed by atoms with E-state index in [0.717, 1.165) is 37.2 Å². The first-order valence-electron chi connectivity index (χ1n) is 7.17. The lowest BCUT2D eigenvalue weighted by Gasteiger charge is -2.14. The van der Waals surface area contributed by atoms with Gasteiger partial charge in [-0.3, -0.25) is 0 Å². The van der Waals surface area contributed by atoms with E-state index in [2.05, 4.69) is 29.0 Å². The standard InChI is InChI=1S/C16H22N4/c1-3-5-11-15(17-12-4-2)16-13-18-20(19-16)14-9-7-6-8-10-14/h3,6-10,13,15,17H,1,4-5,11-12H2,2H3. The Morgan fingerprint density at radius 2 is 2.15 bits per heavy atom. The van der Waals surface area contributed by atoms with Crippen molar-refractivity contribution in [2.75, 3.05) is 6.54 Å². The largest absolute Gasteiger partial charge is 0.309 e. The molecule has 1 unspecified atom stereocenters. The summed E-state index contributed by atoms with van der Waals surface area (Å²) in [7, 11) is 0. The first kappa shape index (κ1) is 14.5. The minimum absolute atomic E-state index is 0.241. The van der Waals surface area contributed by atoms with Crippen molar-refractivity contribution in [1.82, 2.24) is 20.3 Å². The van der Waals surface area contributed by atoms with Crippen LogP contribution in [0.3, 0.4) is 0 Å². The Labute approximate surface area is 120 Å². The predicted molar refractivity (Wildman–Crippen MR) is 81.8 cm³/mol. The van der Waals surface area contributed by atoms with Crippen molar-refractivity contribution >= 4 is 0 Å². The highest BCUT2D eigenvalue weighted by Crippen LogP contribution is 2.17. The van der Waals surface area contributed by atoms with Gasteiger partial charge in [-0.15, -0.1) is 6.58 Å². The maximum absolute atomic E-state index is 4.60. The summed E-state index contributed by atoms with van der Waals surface area (Å²) in [5, 5.41) is 12.5. The van der Waals surface area contributed by atoms with Gasteiger partial charge in [-0.25, -0.2) is 0 Å². The maximum atomic E-state index is 4.60. The molecule has 2 rings (SSSR count). The molecule has 106 valence electrons. The highest BCUT2D eigenvalue weighted by atomic mass is 15.5. The van der Waals surface area contributed by atoms with Gasteiger partial charge in [0.15, 0.2) is 0 Å². The summed E-state index contributed by atoms with van der Waals surface area (Å²) in [5.41, 5.74) is 1.97. The molecule has 0 fully saturated rings. The summed E-state index contributed by atoms with van der Waals surface area (Å²) in [6.45, 7) is 6.94. The van der Waals surface area contributed by atoms with Gasteiger partial charge in [-0.1, -0.05) is 31.2 Å². The number of para-hydroxylation sites is 1. The summed E-state index contributed by atoms with van der Waals surface area (Å²) in [4.78, 5) is 1.68. The molecule has 0 aliphatic heterocycles. The summed E-state index contributed by atoms with van der Waals surface area (Å²) in [5.74, 6) is 0. The summed E-state index contributed by atoms with van der Waals surface area (Å²) in [6.07, 6.45) is 6.87. The average Bonchev–Trinajstić information content (AvgIpc) is 2.98. The Balaban J connectivity index is 2.13. The van der Waals surface area contributed by atoms with Gasteiger partial charge in [-0.05, 0) is 37.9 Å². The number of allylic oxidation sites excluding steroid dienone is 1. The minimum atomic E-state index is 0.241. The molecule has 0 saturated carbocycles. The summed E-state index contributed by atoms with van der Waals surface area (Å²) < 4.78 is 0. The zero-order chi connectivity index (χ0) is 14.2. The number of benzene rings is 1. The normalized spacial score (nSPS) is 12.2. The van der Waals surface area contributed by atoms with Crippen molar-refractivity contribution in [2.45, 2.75) is 32.2 Å². The Morgan fingerprint density at radius 1 is 1.35 bits per heavy atom.